The van der Waals surface area contributed by atoms with Gasteiger partial charge in [-0.05, 0) is 11.1 Å². The van der Waals surface area contributed by atoms with E-state index in [2.05, 4.69) is 22.4 Å². The molecule has 1 N–H and O–H groups in total. The van der Waals surface area contributed by atoms with Gasteiger partial charge < -0.3 is 4.74 Å². The Bertz CT molecular complexity index is 918. The molecule has 0 radical (unpaired) electrons. The number of aromatic nitrogens is 1. The van der Waals surface area contributed by atoms with Crippen LogP contribution in [0.15, 0.2) is 60.0 Å². The van der Waals surface area contributed by atoms with Crippen molar-refractivity contribution in [2.75, 3.05) is 11.9 Å². The van der Waals surface area contributed by atoms with E-state index in [1.54, 1.807) is 13.8 Å². The predicted octanol–water partition coefficient (Wildman–Crippen LogP) is 4.61. The van der Waals surface area contributed by atoms with Gasteiger partial charge in [0.1, 0.15) is 0 Å². The van der Waals surface area contributed by atoms with Crippen molar-refractivity contribution in [3.8, 4) is 22.4 Å². The Morgan fingerprint density at radius 3 is 2.30 bits per heavy atom. The molecule has 1 heterocycles. The second kappa shape index (κ2) is 8.60. The Balaban J connectivity index is 1.62. The van der Waals surface area contributed by atoms with Crippen molar-refractivity contribution >= 4 is 28.3 Å². The zero-order valence-electron chi connectivity index (χ0n) is 15.1. The summed E-state index contributed by atoms with van der Waals surface area (Å²) in [7, 11) is 0. The normalized spacial score (nSPS) is 10.6. The maximum absolute atomic E-state index is 11.9. The summed E-state index contributed by atoms with van der Waals surface area (Å²) in [5.41, 5.74) is 4.05. The smallest absolute Gasteiger partial charge is 0.308 e. The molecule has 2 aromatic carbocycles. The molecule has 0 saturated heterocycles. The Labute approximate surface area is 162 Å². The van der Waals surface area contributed by atoms with E-state index < -0.39 is 11.9 Å². The maximum atomic E-state index is 11.9. The maximum Gasteiger partial charge on any atom is 0.308 e. The van der Waals surface area contributed by atoms with Gasteiger partial charge in [-0.2, -0.15) is 0 Å². The molecule has 3 aromatic rings. The summed E-state index contributed by atoms with van der Waals surface area (Å²) in [6.45, 7) is 3.13. The average Bonchev–Trinajstić information content (AvgIpc) is 3.15. The lowest BCUT2D eigenvalue weighted by Crippen LogP contribution is -2.22. The third kappa shape index (κ3) is 5.01. The van der Waals surface area contributed by atoms with Crippen LogP contribution in [0.25, 0.3) is 22.4 Å². The zero-order valence-corrected chi connectivity index (χ0v) is 16.0. The number of nitrogens with one attached hydrogen (secondary N) is 1. The summed E-state index contributed by atoms with van der Waals surface area (Å²) in [4.78, 5) is 27.7. The first kappa shape index (κ1) is 18.8. The fraction of sp³-hybridized carbons (Fsp3) is 0.190. The first-order chi connectivity index (χ1) is 13.0. The molecule has 5 nitrogen and oxygen atoms in total. The third-order valence-electron chi connectivity index (χ3n) is 3.86. The molecular formula is C21H20N2O3S. The molecular weight excluding hydrogens is 360 g/mol. The molecule has 0 unspecified atom stereocenters. The fourth-order valence-corrected chi connectivity index (χ4v) is 3.12. The van der Waals surface area contributed by atoms with Crippen molar-refractivity contribution in [1.29, 1.82) is 0 Å². The second-order valence-electron chi connectivity index (χ2n) is 6.29. The molecule has 27 heavy (non-hydrogen) atoms. The van der Waals surface area contributed by atoms with Crippen molar-refractivity contribution in [2.45, 2.75) is 13.8 Å². The lowest BCUT2D eigenvalue weighted by molar-refractivity contribution is -0.150. The number of rotatable bonds is 6. The van der Waals surface area contributed by atoms with Crippen molar-refractivity contribution < 1.29 is 14.3 Å². The summed E-state index contributed by atoms with van der Waals surface area (Å²) in [6, 6.07) is 18.3. The molecule has 0 atom stereocenters. The van der Waals surface area contributed by atoms with Crippen LogP contribution in [0.2, 0.25) is 0 Å². The van der Waals surface area contributed by atoms with Crippen LogP contribution < -0.4 is 5.32 Å². The van der Waals surface area contributed by atoms with Crippen LogP contribution in [0.5, 0.6) is 0 Å². The number of thiazole rings is 1. The van der Waals surface area contributed by atoms with E-state index in [-0.39, 0.29) is 12.5 Å². The number of carbonyl (C=O) groups is 2. The van der Waals surface area contributed by atoms with Crippen LogP contribution in [-0.2, 0) is 14.3 Å². The highest BCUT2D eigenvalue weighted by molar-refractivity contribution is 7.14. The molecule has 1 aromatic heterocycles. The number of carbonyl (C=O) groups excluding carboxylic acids is 2. The van der Waals surface area contributed by atoms with Gasteiger partial charge in [-0.3, -0.25) is 14.9 Å². The number of ether oxygens (including phenoxy) is 1. The Morgan fingerprint density at radius 1 is 1.00 bits per heavy atom. The van der Waals surface area contributed by atoms with Gasteiger partial charge in [0.2, 0.25) is 0 Å². The van der Waals surface area contributed by atoms with Gasteiger partial charge in [-0.1, -0.05) is 68.4 Å². The molecule has 0 aliphatic carbocycles. The molecule has 3 rings (SSSR count). The van der Waals surface area contributed by atoms with E-state index in [1.165, 1.54) is 11.3 Å². The minimum absolute atomic E-state index is 0.261. The number of benzene rings is 2. The number of hydrogen-bond donors (Lipinski definition) is 1. The number of hydrogen-bond acceptors (Lipinski definition) is 5. The molecule has 0 saturated carbocycles. The van der Waals surface area contributed by atoms with Gasteiger partial charge in [0.05, 0.1) is 11.6 Å². The number of amides is 1. The first-order valence-electron chi connectivity index (χ1n) is 8.61. The van der Waals surface area contributed by atoms with Gasteiger partial charge in [0, 0.05) is 10.9 Å². The van der Waals surface area contributed by atoms with Gasteiger partial charge in [-0.25, -0.2) is 4.98 Å². The summed E-state index contributed by atoms with van der Waals surface area (Å²) in [5, 5.41) is 5.01. The Kier molecular flexibility index (Phi) is 5.98. The van der Waals surface area contributed by atoms with Gasteiger partial charge in [-0.15, -0.1) is 11.3 Å². The van der Waals surface area contributed by atoms with Crippen LogP contribution in [-0.4, -0.2) is 23.5 Å². The zero-order chi connectivity index (χ0) is 19.2. The first-order valence-corrected chi connectivity index (χ1v) is 9.49. The standard InChI is InChI=1S/C21H20N2O3S/c1-14(2)20(25)26-12-19(24)23-21-22-18(13-27-21)17-10-8-16(9-11-17)15-6-4-3-5-7-15/h3-11,13-14H,12H2,1-2H3,(H,22,23,24). The van der Waals surface area contributed by atoms with Crippen molar-refractivity contribution in [2.24, 2.45) is 5.92 Å². The number of anilines is 1. The quantitative estimate of drug-likeness (QED) is 0.634. The van der Waals surface area contributed by atoms with E-state index >= 15 is 0 Å². The van der Waals surface area contributed by atoms with Gasteiger partial charge >= 0.3 is 5.97 Å². The summed E-state index contributed by atoms with van der Waals surface area (Å²) in [5.74, 6) is -1.06. The van der Waals surface area contributed by atoms with Crippen LogP contribution >= 0.6 is 11.3 Å². The second-order valence-corrected chi connectivity index (χ2v) is 7.15. The Hall–Kier alpha value is -2.99. The third-order valence-corrected chi connectivity index (χ3v) is 4.61. The fourth-order valence-electron chi connectivity index (χ4n) is 2.39. The molecule has 1 amide bonds. The monoisotopic (exact) mass is 380 g/mol. The topological polar surface area (TPSA) is 68.3 Å². The largest absolute Gasteiger partial charge is 0.455 e. The highest BCUT2D eigenvalue weighted by Crippen LogP contribution is 2.27. The molecule has 6 heteroatoms. The van der Waals surface area contributed by atoms with Crippen LogP contribution in [0.1, 0.15) is 13.8 Å². The average molecular weight is 380 g/mol. The molecule has 0 aliphatic rings. The number of esters is 1. The number of nitrogens with zero attached hydrogens (tertiary/aromatic N) is 1. The van der Waals surface area contributed by atoms with E-state index in [9.17, 15) is 9.59 Å². The molecule has 0 aliphatic heterocycles. The van der Waals surface area contributed by atoms with E-state index in [0.29, 0.717) is 5.13 Å². The minimum Gasteiger partial charge on any atom is -0.455 e. The van der Waals surface area contributed by atoms with E-state index in [4.69, 9.17) is 4.74 Å². The summed E-state index contributed by atoms with van der Waals surface area (Å²) < 4.78 is 4.91. The lowest BCUT2D eigenvalue weighted by Gasteiger charge is -2.06. The van der Waals surface area contributed by atoms with Gasteiger partial charge in [0.25, 0.3) is 5.91 Å². The molecule has 0 bridgehead atoms. The minimum atomic E-state index is -0.400. The van der Waals surface area contributed by atoms with Gasteiger partial charge in [0.15, 0.2) is 11.7 Å². The molecule has 0 fully saturated rings. The molecule has 138 valence electrons. The molecule has 0 spiro atoms. The van der Waals surface area contributed by atoms with Crippen molar-refractivity contribution in [1.82, 2.24) is 4.98 Å². The van der Waals surface area contributed by atoms with Crippen molar-refractivity contribution in [3.05, 3.63) is 60.0 Å². The highest BCUT2D eigenvalue weighted by atomic mass is 32.1. The van der Waals surface area contributed by atoms with Crippen LogP contribution in [0.4, 0.5) is 5.13 Å². The van der Waals surface area contributed by atoms with Crippen LogP contribution in [0.3, 0.4) is 0 Å². The summed E-state index contributed by atoms with van der Waals surface area (Å²) in [6.07, 6.45) is 0. The summed E-state index contributed by atoms with van der Waals surface area (Å²) >= 11 is 1.33. The van der Waals surface area contributed by atoms with Crippen molar-refractivity contribution in [3.63, 3.8) is 0 Å². The lowest BCUT2D eigenvalue weighted by atomic mass is 10.0. The Morgan fingerprint density at radius 2 is 1.63 bits per heavy atom. The highest BCUT2D eigenvalue weighted by Gasteiger charge is 2.13. The SMILES string of the molecule is CC(C)C(=O)OCC(=O)Nc1nc(-c2ccc(-c3ccccc3)cc2)cs1. The predicted molar refractivity (Wildman–Crippen MR) is 107 cm³/mol. The van der Waals surface area contributed by atoms with Crippen LogP contribution in [0, 0.1) is 5.92 Å². The van der Waals surface area contributed by atoms with E-state index in [1.807, 2.05) is 47.8 Å². The van der Waals surface area contributed by atoms with E-state index in [0.717, 1.165) is 22.4 Å².